The Kier molecular flexibility index (Phi) is 70.1. The zero-order valence-corrected chi connectivity index (χ0v) is 65.0. The van der Waals surface area contributed by atoms with Crippen molar-refractivity contribution in [2.24, 2.45) is 0 Å². The van der Waals surface area contributed by atoms with E-state index in [1.807, 2.05) is 12.2 Å². The van der Waals surface area contributed by atoms with Crippen molar-refractivity contribution >= 4 is 39.5 Å². The van der Waals surface area contributed by atoms with Crippen LogP contribution in [0, 0.1) is 0 Å². The second kappa shape index (κ2) is 74.0. The largest absolute Gasteiger partial charge is 0.472 e. The minimum Gasteiger partial charge on any atom is -0.462 e. The summed E-state index contributed by atoms with van der Waals surface area (Å²) in [4.78, 5) is 72.9. The van der Waals surface area contributed by atoms with Crippen LogP contribution in [0.1, 0.15) is 285 Å². The first kappa shape index (κ1) is 96.7. The lowest BCUT2D eigenvalue weighted by Crippen LogP contribution is -2.30. The molecule has 3 N–H and O–H groups in total. The number of unbranched alkanes of at least 4 members (excludes halogenated alkanes) is 20. The minimum atomic E-state index is -5.01. The lowest BCUT2D eigenvalue weighted by molar-refractivity contribution is -0.161. The van der Waals surface area contributed by atoms with Gasteiger partial charge in [0.05, 0.1) is 32.8 Å². The Balaban J connectivity index is 5.46. The normalized spacial score (nSPS) is 14.8. The molecule has 0 spiro atoms. The first-order chi connectivity index (χ1) is 49.7. The van der Waals surface area contributed by atoms with Crippen molar-refractivity contribution in [3.63, 3.8) is 0 Å². The summed E-state index contributed by atoms with van der Waals surface area (Å²) in [5, 5.41) is 10.6. The number of ether oxygens (including phenoxy) is 4. The number of esters is 4. The summed E-state index contributed by atoms with van der Waals surface area (Å²) in [5.41, 5.74) is 0. The Hall–Kier alpha value is -5.32. The van der Waals surface area contributed by atoms with Gasteiger partial charge >= 0.3 is 39.5 Å². The molecule has 0 fully saturated rings. The maximum Gasteiger partial charge on any atom is 0.472 e. The van der Waals surface area contributed by atoms with Crippen molar-refractivity contribution in [1.29, 1.82) is 0 Å². The summed E-state index contributed by atoms with van der Waals surface area (Å²) < 4.78 is 68.3. The number of aliphatic hydroxyl groups excluding tert-OH is 1. The maximum absolute atomic E-state index is 13.1. The average molecular weight is 1470 g/mol. The van der Waals surface area contributed by atoms with Gasteiger partial charge in [-0.15, -0.1) is 0 Å². The molecular weight excluding hydrogens is 1330 g/mol. The summed E-state index contributed by atoms with van der Waals surface area (Å²) >= 11 is 0. The molecule has 17 nitrogen and oxygen atoms in total. The first-order valence-electron chi connectivity index (χ1n) is 38.7. The van der Waals surface area contributed by atoms with Gasteiger partial charge in [-0.3, -0.25) is 37.3 Å². The molecule has 0 rings (SSSR count). The lowest BCUT2D eigenvalue weighted by Gasteiger charge is -2.21. The van der Waals surface area contributed by atoms with Crippen LogP contribution in [0.4, 0.5) is 0 Å². The monoisotopic (exact) mass is 1470 g/mol. The van der Waals surface area contributed by atoms with E-state index in [1.54, 1.807) is 12.2 Å². The van der Waals surface area contributed by atoms with Crippen LogP contribution in [-0.2, 0) is 65.4 Å². The molecule has 0 amide bonds. The summed E-state index contributed by atoms with van der Waals surface area (Å²) in [6.45, 7) is 4.35. The SMILES string of the molecule is CC/C=C\C/C=C\C/C=C\C/C=C\C/C=C\CCCCCC(=O)OCC(COP(=O)(O)OCC(O)COP(=O)(O)OCC(COC(=O)CCCCCCC/C=C\C/C=C\C/C=C\CC)OC(=O)CCCCCCCCCCCCCCC)OC(=O)C/C=C\C/C=C\C/C=C\C/C=C\C/C=C\CC. The van der Waals surface area contributed by atoms with Crippen LogP contribution < -0.4 is 0 Å². The van der Waals surface area contributed by atoms with Crippen LogP contribution in [0.2, 0.25) is 0 Å². The molecule has 0 aromatic heterocycles. The minimum absolute atomic E-state index is 0.0866. The van der Waals surface area contributed by atoms with Crippen molar-refractivity contribution in [2.45, 2.75) is 303 Å². The zero-order valence-electron chi connectivity index (χ0n) is 63.2. The van der Waals surface area contributed by atoms with Gasteiger partial charge in [0.15, 0.2) is 12.2 Å². The topological polar surface area (TPSA) is 237 Å². The van der Waals surface area contributed by atoms with E-state index in [0.717, 1.165) is 154 Å². The molecule has 102 heavy (non-hydrogen) atoms. The second-order valence-electron chi connectivity index (χ2n) is 25.2. The van der Waals surface area contributed by atoms with Gasteiger partial charge < -0.3 is 33.8 Å². The highest BCUT2D eigenvalue weighted by molar-refractivity contribution is 7.47. The number of aliphatic hydroxyl groups is 1. The molecule has 5 atom stereocenters. The standard InChI is InChI=1S/C83H136O17P2/c1-5-9-13-17-21-25-29-33-36-37-38-39-42-45-48-52-56-60-64-68-81(86)94-74-79(100-83(88)70-66-62-58-54-50-46-41-35-31-27-23-19-15-11-7-3)76-98-102(91,92)96-72-77(84)71-95-101(89,90)97-75-78(99-82(87)69-65-61-57-53-49-43-32-28-24-20-16-12-8-4)73-93-80(85)67-63-59-55-51-47-44-40-34-30-26-22-18-14-10-6-2/h9-11,13-15,21-23,25-27,33-36,38-41,45,48,50,54,62,66,77-79,84H,5-8,12,16-20,24,28-32,37,42-44,46-47,49,51-53,55-61,63-65,67-76H2,1-4H3,(H,89,90)(H,91,92)/b13-9-,14-10-,15-11-,25-21-,26-22-,27-23-,36-33-,39-38-,40-34-,41-35-,48-45-,54-50-,66-62-. The van der Waals surface area contributed by atoms with Gasteiger partial charge in [0.2, 0.25) is 0 Å². The molecule has 0 aliphatic rings. The molecule has 19 heteroatoms. The predicted octanol–water partition coefficient (Wildman–Crippen LogP) is 22.4. The highest BCUT2D eigenvalue weighted by Gasteiger charge is 2.30. The first-order valence-corrected chi connectivity index (χ1v) is 41.7. The van der Waals surface area contributed by atoms with Crippen LogP contribution in [0.25, 0.3) is 0 Å². The van der Waals surface area contributed by atoms with Crippen molar-refractivity contribution < 1.29 is 80.2 Å². The lowest BCUT2D eigenvalue weighted by atomic mass is 10.0. The van der Waals surface area contributed by atoms with Crippen molar-refractivity contribution in [3.8, 4) is 0 Å². The fourth-order valence-corrected chi connectivity index (χ4v) is 11.3. The van der Waals surface area contributed by atoms with Gasteiger partial charge in [-0.2, -0.15) is 0 Å². The number of hydrogen-bond acceptors (Lipinski definition) is 15. The molecule has 0 aliphatic heterocycles. The van der Waals surface area contributed by atoms with Gasteiger partial charge in [0.1, 0.15) is 19.3 Å². The maximum atomic E-state index is 13.1. The van der Waals surface area contributed by atoms with E-state index in [-0.39, 0.29) is 25.7 Å². The highest BCUT2D eigenvalue weighted by atomic mass is 31.2. The summed E-state index contributed by atoms with van der Waals surface area (Å²) in [5.74, 6) is -2.39. The molecule has 5 unspecified atom stereocenters. The van der Waals surface area contributed by atoms with E-state index in [2.05, 4.69) is 161 Å². The number of carbonyl (C=O) groups is 4. The molecule has 0 aromatic carbocycles. The quantitative estimate of drug-likeness (QED) is 0.0169. The van der Waals surface area contributed by atoms with Crippen molar-refractivity contribution in [3.05, 3.63) is 158 Å². The van der Waals surface area contributed by atoms with Crippen LogP contribution in [-0.4, -0.2) is 96.7 Å². The molecule has 580 valence electrons. The van der Waals surface area contributed by atoms with Crippen molar-refractivity contribution in [1.82, 2.24) is 0 Å². The van der Waals surface area contributed by atoms with E-state index in [1.165, 1.54) is 51.4 Å². The fourth-order valence-electron chi connectivity index (χ4n) is 9.75. The number of allylic oxidation sites excluding steroid dienone is 25. The molecule has 0 aromatic rings. The highest BCUT2D eigenvalue weighted by Crippen LogP contribution is 2.45. The Morgan fingerprint density at radius 2 is 0.549 bits per heavy atom. The Morgan fingerprint density at radius 3 is 0.882 bits per heavy atom. The molecular formula is C83H136O17P2. The van der Waals surface area contributed by atoms with Crippen LogP contribution in [0.5, 0.6) is 0 Å². The molecule has 0 heterocycles. The number of rotatable bonds is 71. The van der Waals surface area contributed by atoms with E-state index in [0.29, 0.717) is 25.7 Å². The predicted molar refractivity (Wildman–Crippen MR) is 417 cm³/mol. The fraction of sp³-hybridized carbons (Fsp3) is 0.639. The summed E-state index contributed by atoms with van der Waals surface area (Å²) in [6.07, 6.45) is 85.5. The summed E-state index contributed by atoms with van der Waals surface area (Å²) in [6, 6.07) is 0. The van der Waals surface area contributed by atoms with E-state index in [9.17, 15) is 43.2 Å². The zero-order chi connectivity index (χ0) is 74.6. The van der Waals surface area contributed by atoms with Crippen LogP contribution >= 0.6 is 15.6 Å². The molecule has 0 radical (unpaired) electrons. The number of phosphoric ester groups is 2. The average Bonchev–Trinajstić information content (AvgIpc) is 0.924. The van der Waals surface area contributed by atoms with Crippen LogP contribution in [0.3, 0.4) is 0 Å². The number of phosphoric acid groups is 2. The molecule has 0 bridgehead atoms. The van der Waals surface area contributed by atoms with E-state index < -0.39 is 97.5 Å². The van der Waals surface area contributed by atoms with Gasteiger partial charge in [0, 0.05) is 19.3 Å². The van der Waals surface area contributed by atoms with Gasteiger partial charge in [-0.1, -0.05) is 288 Å². The summed E-state index contributed by atoms with van der Waals surface area (Å²) in [7, 11) is -10.0. The third-order valence-corrected chi connectivity index (χ3v) is 17.4. The second-order valence-corrected chi connectivity index (χ2v) is 28.1. The Labute approximate surface area is 617 Å². The smallest absolute Gasteiger partial charge is 0.462 e. The molecule has 0 saturated carbocycles. The van der Waals surface area contributed by atoms with E-state index >= 15 is 0 Å². The number of carbonyl (C=O) groups excluding carboxylic acids is 4. The third-order valence-electron chi connectivity index (χ3n) is 15.5. The Morgan fingerprint density at radius 1 is 0.294 bits per heavy atom. The van der Waals surface area contributed by atoms with Crippen molar-refractivity contribution in [2.75, 3.05) is 39.6 Å². The van der Waals surface area contributed by atoms with E-state index in [4.69, 9.17) is 37.0 Å². The molecule has 0 saturated heterocycles. The molecule has 0 aliphatic carbocycles. The van der Waals surface area contributed by atoms with Gasteiger partial charge in [-0.25, -0.2) is 9.13 Å². The van der Waals surface area contributed by atoms with Gasteiger partial charge in [0.25, 0.3) is 0 Å². The van der Waals surface area contributed by atoms with Gasteiger partial charge in [-0.05, 0) is 128 Å². The Bertz CT molecular complexity index is 2550. The van der Waals surface area contributed by atoms with Crippen LogP contribution in [0.15, 0.2) is 158 Å². The number of hydrogen-bond donors (Lipinski definition) is 3. The third kappa shape index (κ3) is 73.0.